The van der Waals surface area contributed by atoms with Crippen molar-refractivity contribution in [2.45, 2.75) is 0 Å². The van der Waals surface area contributed by atoms with E-state index in [4.69, 9.17) is 9.52 Å². The second-order valence-electron chi connectivity index (χ2n) is 8.19. The third-order valence-electron chi connectivity index (χ3n) is 5.60. The molecule has 0 atom stereocenters. The molecule has 6 nitrogen and oxygen atoms in total. The number of allylic oxidation sites excluding steroid dienone is 1. The molecule has 1 amide bonds. The zero-order valence-corrected chi connectivity index (χ0v) is 19.8. The van der Waals surface area contributed by atoms with Crippen LogP contribution in [0.4, 0.5) is 5.69 Å². The van der Waals surface area contributed by atoms with Crippen LogP contribution in [0.15, 0.2) is 126 Å². The van der Waals surface area contributed by atoms with E-state index in [0.717, 1.165) is 22.5 Å². The van der Waals surface area contributed by atoms with Crippen LogP contribution in [0.1, 0.15) is 21.7 Å². The van der Waals surface area contributed by atoms with E-state index in [1.54, 1.807) is 59.5 Å². The first kappa shape index (κ1) is 23.5. The smallest absolute Gasteiger partial charge is 0.248 e. The van der Waals surface area contributed by atoms with Crippen LogP contribution in [-0.4, -0.2) is 21.5 Å². The van der Waals surface area contributed by atoms with Crippen molar-refractivity contribution in [1.29, 1.82) is 0 Å². The summed E-state index contributed by atoms with van der Waals surface area (Å²) >= 11 is 0. The van der Waals surface area contributed by atoms with Gasteiger partial charge in [-0.05, 0) is 66.8 Å². The number of hydrogen-bond donors (Lipinski definition) is 1. The standard InChI is InChI=1S/C31H23N3O3/c35-29(19-18-28-12-7-21-37-28)23-13-16-26(17-14-23)32-30(36)20-15-25-22-34(27-10-5-2-6-11-27)33-31(25)24-8-3-1-4-9-24/h1-22H,(H,32,36)/b19-18+,20-15+. The quantitative estimate of drug-likeness (QED) is 0.196. The minimum atomic E-state index is -0.289. The largest absolute Gasteiger partial charge is 0.465 e. The number of carbonyl (C=O) groups excluding carboxylic acids is 2. The Morgan fingerprint density at radius 1 is 0.784 bits per heavy atom. The first-order valence-corrected chi connectivity index (χ1v) is 11.7. The number of amides is 1. The van der Waals surface area contributed by atoms with Crippen molar-refractivity contribution in [2.24, 2.45) is 0 Å². The molecular weight excluding hydrogens is 462 g/mol. The first-order valence-electron chi connectivity index (χ1n) is 11.7. The fourth-order valence-electron chi connectivity index (χ4n) is 3.75. The van der Waals surface area contributed by atoms with E-state index >= 15 is 0 Å². The molecule has 0 unspecified atom stereocenters. The predicted octanol–water partition coefficient (Wildman–Crippen LogP) is 6.68. The number of aromatic nitrogens is 2. The van der Waals surface area contributed by atoms with Crippen molar-refractivity contribution in [3.05, 3.63) is 139 Å². The van der Waals surface area contributed by atoms with Gasteiger partial charge in [0.15, 0.2) is 5.78 Å². The number of carbonyl (C=O) groups is 2. The number of nitrogens with one attached hydrogen (secondary N) is 1. The average molecular weight is 486 g/mol. The Labute approximate surface area is 214 Å². The van der Waals surface area contributed by atoms with E-state index in [2.05, 4.69) is 5.32 Å². The number of hydrogen-bond acceptors (Lipinski definition) is 4. The van der Waals surface area contributed by atoms with Crippen molar-refractivity contribution in [3.63, 3.8) is 0 Å². The molecule has 37 heavy (non-hydrogen) atoms. The van der Waals surface area contributed by atoms with E-state index in [1.165, 1.54) is 12.2 Å². The van der Waals surface area contributed by atoms with Crippen molar-refractivity contribution in [1.82, 2.24) is 9.78 Å². The molecule has 0 spiro atoms. The summed E-state index contributed by atoms with van der Waals surface area (Å²) in [5.74, 6) is 0.162. The zero-order chi connectivity index (χ0) is 25.5. The molecule has 0 saturated carbocycles. The molecule has 5 rings (SSSR count). The van der Waals surface area contributed by atoms with Gasteiger partial charge in [0.2, 0.25) is 5.91 Å². The Morgan fingerprint density at radius 3 is 2.22 bits per heavy atom. The molecule has 0 bridgehead atoms. The van der Waals surface area contributed by atoms with Crippen LogP contribution < -0.4 is 5.32 Å². The summed E-state index contributed by atoms with van der Waals surface area (Å²) in [6.45, 7) is 0. The number of benzene rings is 3. The highest BCUT2D eigenvalue weighted by molar-refractivity contribution is 6.07. The maximum absolute atomic E-state index is 12.6. The van der Waals surface area contributed by atoms with Gasteiger partial charge in [-0.15, -0.1) is 0 Å². The van der Waals surface area contributed by atoms with Crippen LogP contribution in [0.2, 0.25) is 0 Å². The Morgan fingerprint density at radius 2 is 1.51 bits per heavy atom. The third-order valence-corrected chi connectivity index (χ3v) is 5.60. The molecule has 0 aliphatic carbocycles. The number of nitrogens with zero attached hydrogens (tertiary/aromatic N) is 2. The lowest BCUT2D eigenvalue weighted by Gasteiger charge is -2.03. The van der Waals surface area contributed by atoms with Crippen LogP contribution in [0.3, 0.4) is 0 Å². The van der Waals surface area contributed by atoms with Gasteiger partial charge in [-0.3, -0.25) is 9.59 Å². The molecule has 2 heterocycles. The highest BCUT2D eigenvalue weighted by Gasteiger charge is 2.11. The summed E-state index contributed by atoms with van der Waals surface area (Å²) in [6.07, 6.45) is 9.75. The molecule has 3 aromatic carbocycles. The second-order valence-corrected chi connectivity index (χ2v) is 8.19. The van der Waals surface area contributed by atoms with E-state index in [0.29, 0.717) is 17.0 Å². The van der Waals surface area contributed by atoms with Crippen LogP contribution in [0.5, 0.6) is 0 Å². The van der Waals surface area contributed by atoms with Crippen molar-refractivity contribution < 1.29 is 14.0 Å². The molecular formula is C31H23N3O3. The van der Waals surface area contributed by atoms with Gasteiger partial charge in [-0.1, -0.05) is 48.5 Å². The van der Waals surface area contributed by atoms with Gasteiger partial charge >= 0.3 is 0 Å². The number of rotatable bonds is 8. The number of para-hydroxylation sites is 1. The monoisotopic (exact) mass is 485 g/mol. The average Bonchev–Trinajstić information content (AvgIpc) is 3.62. The lowest BCUT2D eigenvalue weighted by Crippen LogP contribution is -2.07. The predicted molar refractivity (Wildman–Crippen MR) is 145 cm³/mol. The van der Waals surface area contributed by atoms with Gasteiger partial charge in [0.05, 0.1) is 17.6 Å². The molecule has 0 aliphatic rings. The lowest BCUT2D eigenvalue weighted by molar-refractivity contribution is -0.111. The van der Waals surface area contributed by atoms with Crippen molar-refractivity contribution >= 4 is 29.5 Å². The van der Waals surface area contributed by atoms with E-state index in [9.17, 15) is 9.59 Å². The van der Waals surface area contributed by atoms with Crippen molar-refractivity contribution in [3.8, 4) is 16.9 Å². The second kappa shape index (κ2) is 11.0. The number of anilines is 1. The molecule has 1 N–H and O–H groups in total. The summed E-state index contributed by atoms with van der Waals surface area (Å²) in [4.78, 5) is 25.0. The summed E-state index contributed by atoms with van der Waals surface area (Å²) < 4.78 is 7.00. The minimum absolute atomic E-state index is 0.155. The van der Waals surface area contributed by atoms with E-state index in [1.807, 2.05) is 66.9 Å². The van der Waals surface area contributed by atoms with Gasteiger partial charge in [0, 0.05) is 34.7 Å². The Hall–Kier alpha value is -5.23. The molecule has 180 valence electrons. The minimum Gasteiger partial charge on any atom is -0.465 e. The topological polar surface area (TPSA) is 77.1 Å². The molecule has 0 fully saturated rings. The normalized spacial score (nSPS) is 11.2. The van der Waals surface area contributed by atoms with E-state index < -0.39 is 0 Å². The highest BCUT2D eigenvalue weighted by atomic mass is 16.3. The van der Waals surface area contributed by atoms with Gasteiger partial charge < -0.3 is 9.73 Å². The summed E-state index contributed by atoms with van der Waals surface area (Å²) in [6, 6.07) is 29.9. The van der Waals surface area contributed by atoms with Gasteiger partial charge in [-0.25, -0.2) is 4.68 Å². The fraction of sp³-hybridized carbons (Fsp3) is 0. The first-order chi connectivity index (χ1) is 18.2. The Kier molecular flexibility index (Phi) is 6.99. The molecule has 5 aromatic rings. The third kappa shape index (κ3) is 5.89. The Bertz CT molecular complexity index is 1550. The van der Waals surface area contributed by atoms with Crippen LogP contribution in [-0.2, 0) is 4.79 Å². The summed E-state index contributed by atoms with van der Waals surface area (Å²) in [7, 11) is 0. The maximum atomic E-state index is 12.6. The molecule has 0 radical (unpaired) electrons. The number of furan rings is 1. The van der Waals surface area contributed by atoms with Crippen LogP contribution in [0, 0.1) is 0 Å². The SMILES string of the molecule is O=C(/C=C/c1cn(-c2ccccc2)nc1-c1ccccc1)Nc1ccc(C(=O)/C=C/c2ccco2)cc1. The summed E-state index contributed by atoms with van der Waals surface area (Å²) in [5, 5.41) is 7.59. The van der Waals surface area contributed by atoms with Crippen molar-refractivity contribution in [2.75, 3.05) is 5.32 Å². The number of ketones is 1. The van der Waals surface area contributed by atoms with Crippen LogP contribution in [0.25, 0.3) is 29.1 Å². The maximum Gasteiger partial charge on any atom is 0.248 e. The molecule has 2 aromatic heterocycles. The molecule has 0 aliphatic heterocycles. The van der Waals surface area contributed by atoms with Crippen LogP contribution >= 0.6 is 0 Å². The van der Waals surface area contributed by atoms with E-state index in [-0.39, 0.29) is 11.7 Å². The lowest BCUT2D eigenvalue weighted by atomic mass is 10.1. The van der Waals surface area contributed by atoms with Gasteiger partial charge in [-0.2, -0.15) is 5.10 Å². The van der Waals surface area contributed by atoms with Gasteiger partial charge in [0.25, 0.3) is 0 Å². The molecule has 6 heteroatoms. The zero-order valence-electron chi connectivity index (χ0n) is 19.8. The van der Waals surface area contributed by atoms with Gasteiger partial charge in [0.1, 0.15) is 5.76 Å². The highest BCUT2D eigenvalue weighted by Crippen LogP contribution is 2.25. The summed E-state index contributed by atoms with van der Waals surface area (Å²) in [5.41, 5.74) is 4.58. The fourth-order valence-corrected chi connectivity index (χ4v) is 3.75. The Balaban J connectivity index is 1.29. The molecule has 0 saturated heterocycles.